The maximum Gasteiger partial charge on any atom is 0.0799 e. The van der Waals surface area contributed by atoms with E-state index in [0.29, 0.717) is 12.8 Å². The Hall–Kier alpha value is -0.850. The number of aliphatic hydroxyl groups excluding tert-OH is 1. The topological polar surface area (TPSA) is 44.0 Å². The minimum absolute atomic E-state index is 0.386. The molecule has 0 aliphatic heterocycles. The zero-order valence-corrected chi connectivity index (χ0v) is 8.66. The van der Waals surface area contributed by atoms with E-state index in [1.165, 1.54) is 0 Å². The van der Waals surface area contributed by atoms with Gasteiger partial charge in [-0.2, -0.15) is 5.26 Å². The lowest BCUT2D eigenvalue weighted by molar-refractivity contribution is 0.169. The van der Waals surface area contributed by atoms with Crippen molar-refractivity contribution in [2.75, 3.05) is 0 Å². The Morgan fingerprint density at radius 2 is 2.00 bits per heavy atom. The van der Waals surface area contributed by atoms with Crippen molar-refractivity contribution in [2.45, 2.75) is 18.9 Å². The third-order valence-corrected chi connectivity index (χ3v) is 2.31. The lowest BCUT2D eigenvalue weighted by Gasteiger charge is -2.08. The lowest BCUT2D eigenvalue weighted by Crippen LogP contribution is -1.95. The van der Waals surface area contributed by atoms with Crippen molar-refractivity contribution in [3.8, 4) is 6.07 Å². The molecule has 2 nitrogen and oxygen atoms in total. The minimum atomic E-state index is -0.521. The van der Waals surface area contributed by atoms with Crippen LogP contribution in [-0.4, -0.2) is 5.11 Å². The predicted molar refractivity (Wildman–Crippen MR) is 53.9 cm³/mol. The van der Waals surface area contributed by atoms with Crippen molar-refractivity contribution in [3.63, 3.8) is 0 Å². The summed E-state index contributed by atoms with van der Waals surface area (Å²) >= 11 is 3.31. The number of benzene rings is 1. The second-order valence-electron chi connectivity index (χ2n) is 2.76. The molecule has 1 rings (SSSR count). The van der Waals surface area contributed by atoms with Crippen LogP contribution in [0.25, 0.3) is 0 Å². The van der Waals surface area contributed by atoms with Crippen LogP contribution in [-0.2, 0) is 0 Å². The highest BCUT2D eigenvalue weighted by atomic mass is 79.9. The van der Waals surface area contributed by atoms with Crippen molar-refractivity contribution in [1.82, 2.24) is 0 Å². The molecule has 13 heavy (non-hydrogen) atoms. The Kier molecular flexibility index (Phi) is 3.94. The van der Waals surface area contributed by atoms with Gasteiger partial charge in [-0.3, -0.25) is 0 Å². The number of nitriles is 1. The molecule has 0 fully saturated rings. The summed E-state index contributed by atoms with van der Waals surface area (Å²) in [6.45, 7) is 0. The fourth-order valence-corrected chi connectivity index (χ4v) is 1.32. The minimum Gasteiger partial charge on any atom is -0.388 e. The molecular weight excluding hydrogens is 230 g/mol. The van der Waals surface area contributed by atoms with Crippen molar-refractivity contribution >= 4 is 15.9 Å². The van der Waals surface area contributed by atoms with Crippen LogP contribution in [0.5, 0.6) is 0 Å². The summed E-state index contributed by atoms with van der Waals surface area (Å²) in [6.07, 6.45) is 0.364. The third-order valence-electron chi connectivity index (χ3n) is 1.78. The maximum atomic E-state index is 9.58. The molecule has 3 heteroatoms. The maximum absolute atomic E-state index is 9.58. The molecule has 68 valence electrons. The smallest absolute Gasteiger partial charge is 0.0799 e. The van der Waals surface area contributed by atoms with Gasteiger partial charge in [0.1, 0.15) is 0 Å². The molecular formula is C10H10BrNO. The van der Waals surface area contributed by atoms with Crippen molar-refractivity contribution < 1.29 is 5.11 Å². The highest BCUT2D eigenvalue weighted by molar-refractivity contribution is 9.10. The zero-order valence-electron chi connectivity index (χ0n) is 7.07. The van der Waals surface area contributed by atoms with Gasteiger partial charge in [-0.05, 0) is 24.1 Å². The first-order valence-corrected chi connectivity index (χ1v) is 4.84. The summed E-state index contributed by atoms with van der Waals surface area (Å²) in [5.41, 5.74) is 0.860. The van der Waals surface area contributed by atoms with Gasteiger partial charge in [-0.15, -0.1) is 0 Å². The van der Waals surface area contributed by atoms with Gasteiger partial charge in [0.25, 0.3) is 0 Å². The standard InChI is InChI=1S/C10H10BrNO/c11-9-5-3-8(4-6-9)10(13)2-1-7-12/h3-6,10,13H,1-2H2. The van der Waals surface area contributed by atoms with Gasteiger partial charge in [-0.1, -0.05) is 28.1 Å². The molecule has 0 heterocycles. The van der Waals surface area contributed by atoms with Gasteiger partial charge in [0, 0.05) is 10.9 Å². The number of aliphatic hydroxyl groups is 1. The molecule has 0 radical (unpaired) electrons. The summed E-state index contributed by atoms with van der Waals surface area (Å²) in [7, 11) is 0. The number of hydrogen-bond acceptors (Lipinski definition) is 2. The van der Waals surface area contributed by atoms with E-state index in [2.05, 4.69) is 15.9 Å². The fourth-order valence-electron chi connectivity index (χ4n) is 1.05. The van der Waals surface area contributed by atoms with Gasteiger partial charge in [0.2, 0.25) is 0 Å². The Morgan fingerprint density at radius 1 is 1.38 bits per heavy atom. The molecule has 0 aromatic heterocycles. The molecule has 0 aliphatic rings. The van der Waals surface area contributed by atoms with Crippen LogP contribution >= 0.6 is 15.9 Å². The molecule has 0 amide bonds. The molecule has 0 bridgehead atoms. The predicted octanol–water partition coefficient (Wildman–Crippen LogP) is 2.79. The fraction of sp³-hybridized carbons (Fsp3) is 0.300. The van der Waals surface area contributed by atoms with E-state index in [0.717, 1.165) is 10.0 Å². The van der Waals surface area contributed by atoms with Crippen LogP contribution in [0.4, 0.5) is 0 Å². The van der Waals surface area contributed by atoms with E-state index in [1.54, 1.807) is 0 Å². The molecule has 0 aliphatic carbocycles. The van der Waals surface area contributed by atoms with Crippen molar-refractivity contribution in [1.29, 1.82) is 5.26 Å². The van der Waals surface area contributed by atoms with Crippen LogP contribution in [0.1, 0.15) is 24.5 Å². The SMILES string of the molecule is N#CCCC(O)c1ccc(Br)cc1. The van der Waals surface area contributed by atoms with Crippen molar-refractivity contribution in [2.24, 2.45) is 0 Å². The van der Waals surface area contributed by atoms with Crippen LogP contribution < -0.4 is 0 Å². The third kappa shape index (κ3) is 3.17. The second kappa shape index (κ2) is 5.00. The van der Waals surface area contributed by atoms with Gasteiger partial charge < -0.3 is 5.11 Å². The lowest BCUT2D eigenvalue weighted by atomic mass is 10.1. The van der Waals surface area contributed by atoms with Gasteiger partial charge >= 0.3 is 0 Å². The summed E-state index contributed by atoms with van der Waals surface area (Å²) in [5.74, 6) is 0. The second-order valence-corrected chi connectivity index (χ2v) is 3.68. The van der Waals surface area contributed by atoms with Crippen LogP contribution in [0.3, 0.4) is 0 Å². The van der Waals surface area contributed by atoms with Gasteiger partial charge in [0.05, 0.1) is 12.2 Å². The first kappa shape index (κ1) is 10.2. The van der Waals surface area contributed by atoms with E-state index < -0.39 is 6.10 Å². The Morgan fingerprint density at radius 3 is 2.54 bits per heavy atom. The summed E-state index contributed by atoms with van der Waals surface area (Å²) in [4.78, 5) is 0. The summed E-state index contributed by atoms with van der Waals surface area (Å²) in [6, 6.07) is 9.48. The van der Waals surface area contributed by atoms with E-state index >= 15 is 0 Å². The molecule has 0 spiro atoms. The van der Waals surface area contributed by atoms with E-state index in [-0.39, 0.29) is 0 Å². The van der Waals surface area contributed by atoms with Crippen LogP contribution in [0, 0.1) is 11.3 Å². The largest absolute Gasteiger partial charge is 0.388 e. The zero-order chi connectivity index (χ0) is 9.68. The normalized spacial score (nSPS) is 12.1. The molecule has 0 saturated carbocycles. The monoisotopic (exact) mass is 239 g/mol. The Bertz CT molecular complexity index is 302. The quantitative estimate of drug-likeness (QED) is 0.882. The first-order chi connectivity index (χ1) is 6.24. The molecule has 0 saturated heterocycles. The molecule has 1 atom stereocenters. The van der Waals surface area contributed by atoms with E-state index in [1.807, 2.05) is 30.3 Å². The molecule has 1 unspecified atom stereocenters. The summed E-state index contributed by atoms with van der Waals surface area (Å²) < 4.78 is 0.990. The van der Waals surface area contributed by atoms with Crippen LogP contribution in [0.2, 0.25) is 0 Å². The number of rotatable bonds is 3. The Labute approximate surface area is 85.9 Å². The highest BCUT2D eigenvalue weighted by Crippen LogP contribution is 2.20. The van der Waals surface area contributed by atoms with Crippen LogP contribution in [0.15, 0.2) is 28.7 Å². The molecule has 1 aromatic rings. The van der Waals surface area contributed by atoms with E-state index in [4.69, 9.17) is 5.26 Å². The average molecular weight is 240 g/mol. The van der Waals surface area contributed by atoms with Gasteiger partial charge in [0.15, 0.2) is 0 Å². The Balaban J connectivity index is 2.62. The summed E-state index contributed by atoms with van der Waals surface area (Å²) in [5, 5.41) is 17.9. The first-order valence-electron chi connectivity index (χ1n) is 4.04. The highest BCUT2D eigenvalue weighted by Gasteiger charge is 2.05. The van der Waals surface area contributed by atoms with E-state index in [9.17, 15) is 5.11 Å². The molecule has 1 aromatic carbocycles. The molecule has 1 N–H and O–H groups in total. The van der Waals surface area contributed by atoms with Crippen molar-refractivity contribution in [3.05, 3.63) is 34.3 Å². The number of hydrogen-bond donors (Lipinski definition) is 1. The average Bonchev–Trinajstić information content (AvgIpc) is 2.15. The number of halogens is 1. The van der Waals surface area contributed by atoms with Gasteiger partial charge in [-0.25, -0.2) is 0 Å². The number of nitrogens with zero attached hydrogens (tertiary/aromatic N) is 1.